The number of amides is 1. The predicted octanol–water partition coefficient (Wildman–Crippen LogP) is 1.44. The second kappa shape index (κ2) is 9.71. The van der Waals surface area contributed by atoms with E-state index >= 15 is 0 Å². The van der Waals surface area contributed by atoms with Crippen LogP contribution in [0.15, 0.2) is 29.8 Å². The summed E-state index contributed by atoms with van der Waals surface area (Å²) in [6.07, 6.45) is 2.43. The third-order valence-electron chi connectivity index (χ3n) is 3.83. The van der Waals surface area contributed by atoms with Gasteiger partial charge in [-0.2, -0.15) is 5.26 Å². The van der Waals surface area contributed by atoms with Crippen LogP contribution in [0.4, 0.5) is 0 Å². The normalized spacial score (nSPS) is 15.6. The lowest BCUT2D eigenvalue weighted by atomic mass is 10.1. The first-order chi connectivity index (χ1) is 11.7. The standard InChI is InChI=1S/C18H23N3O3/c1-23-17-5-3-15(4-6-17)13-16(14-19)18(22)20-7-2-8-21-9-11-24-12-10-21/h3-6,13H,2,7-12H2,1H3,(H,20,22)/b16-13+. The van der Waals surface area contributed by atoms with Crippen molar-refractivity contribution in [3.63, 3.8) is 0 Å². The number of benzene rings is 1. The summed E-state index contributed by atoms with van der Waals surface area (Å²) in [6.45, 7) is 4.90. The van der Waals surface area contributed by atoms with Crippen molar-refractivity contribution in [3.8, 4) is 11.8 Å². The Hall–Kier alpha value is -2.36. The first-order valence-electron chi connectivity index (χ1n) is 8.07. The zero-order valence-electron chi connectivity index (χ0n) is 14.0. The summed E-state index contributed by atoms with van der Waals surface area (Å²) in [7, 11) is 1.59. The van der Waals surface area contributed by atoms with Crippen LogP contribution >= 0.6 is 0 Å². The van der Waals surface area contributed by atoms with Gasteiger partial charge < -0.3 is 14.8 Å². The summed E-state index contributed by atoms with van der Waals surface area (Å²) in [5.41, 5.74) is 0.891. The van der Waals surface area contributed by atoms with Crippen molar-refractivity contribution in [1.82, 2.24) is 10.2 Å². The molecule has 0 saturated carbocycles. The fourth-order valence-electron chi connectivity index (χ4n) is 2.44. The van der Waals surface area contributed by atoms with Crippen molar-refractivity contribution in [2.75, 3.05) is 46.5 Å². The average Bonchev–Trinajstić information content (AvgIpc) is 2.64. The quantitative estimate of drug-likeness (QED) is 0.465. The molecule has 0 spiro atoms. The zero-order valence-corrected chi connectivity index (χ0v) is 14.0. The van der Waals surface area contributed by atoms with Crippen LogP contribution in [0.5, 0.6) is 5.75 Å². The number of hydrogen-bond donors (Lipinski definition) is 1. The molecule has 1 N–H and O–H groups in total. The highest BCUT2D eigenvalue weighted by atomic mass is 16.5. The molecule has 1 aromatic rings. The minimum atomic E-state index is -0.338. The molecule has 1 fully saturated rings. The smallest absolute Gasteiger partial charge is 0.261 e. The minimum absolute atomic E-state index is 0.103. The maximum absolute atomic E-state index is 12.1. The van der Waals surface area contributed by atoms with Gasteiger partial charge in [-0.05, 0) is 36.7 Å². The Labute approximate surface area is 142 Å². The Morgan fingerprint density at radius 3 is 2.71 bits per heavy atom. The average molecular weight is 329 g/mol. The van der Waals surface area contributed by atoms with Crippen LogP contribution in [-0.2, 0) is 9.53 Å². The van der Waals surface area contributed by atoms with E-state index in [0.29, 0.717) is 6.54 Å². The first-order valence-corrected chi connectivity index (χ1v) is 8.07. The largest absolute Gasteiger partial charge is 0.497 e. The van der Waals surface area contributed by atoms with Gasteiger partial charge in [0.25, 0.3) is 5.91 Å². The Morgan fingerprint density at radius 2 is 2.08 bits per heavy atom. The number of nitrogens with one attached hydrogen (secondary N) is 1. The fraction of sp³-hybridized carbons (Fsp3) is 0.444. The number of hydrogen-bond acceptors (Lipinski definition) is 5. The Morgan fingerprint density at radius 1 is 1.38 bits per heavy atom. The van der Waals surface area contributed by atoms with E-state index in [-0.39, 0.29) is 11.5 Å². The van der Waals surface area contributed by atoms with Gasteiger partial charge in [0.1, 0.15) is 17.4 Å². The summed E-state index contributed by atoms with van der Waals surface area (Å²) >= 11 is 0. The summed E-state index contributed by atoms with van der Waals surface area (Å²) in [6, 6.07) is 9.16. The molecule has 0 aromatic heterocycles. The molecule has 1 saturated heterocycles. The van der Waals surface area contributed by atoms with Gasteiger partial charge in [0.2, 0.25) is 0 Å². The highest BCUT2D eigenvalue weighted by Gasteiger charge is 2.11. The van der Waals surface area contributed by atoms with Crippen LogP contribution in [0.25, 0.3) is 6.08 Å². The number of carbonyl (C=O) groups excluding carboxylic acids is 1. The van der Waals surface area contributed by atoms with Crippen molar-refractivity contribution in [2.24, 2.45) is 0 Å². The van der Waals surface area contributed by atoms with Crippen LogP contribution < -0.4 is 10.1 Å². The summed E-state index contributed by atoms with van der Waals surface area (Å²) in [5, 5.41) is 12.0. The molecule has 1 amide bonds. The second-order valence-electron chi connectivity index (χ2n) is 5.51. The van der Waals surface area contributed by atoms with Crippen molar-refractivity contribution in [2.45, 2.75) is 6.42 Å². The third-order valence-corrected chi connectivity index (χ3v) is 3.83. The van der Waals surface area contributed by atoms with Crippen LogP contribution in [0.1, 0.15) is 12.0 Å². The first kappa shape index (κ1) is 18.0. The molecule has 0 atom stereocenters. The SMILES string of the molecule is COc1ccc(/C=C(\C#N)C(=O)NCCCN2CCOCC2)cc1. The highest BCUT2D eigenvalue weighted by molar-refractivity contribution is 6.01. The monoisotopic (exact) mass is 329 g/mol. The Balaban J connectivity index is 1.79. The van der Waals surface area contributed by atoms with E-state index < -0.39 is 0 Å². The van der Waals surface area contributed by atoms with Crippen LogP contribution in [0.3, 0.4) is 0 Å². The lowest BCUT2D eigenvalue weighted by Crippen LogP contribution is -2.38. The molecular formula is C18H23N3O3. The summed E-state index contributed by atoms with van der Waals surface area (Å²) < 4.78 is 10.4. The highest BCUT2D eigenvalue weighted by Crippen LogP contribution is 2.13. The maximum Gasteiger partial charge on any atom is 0.261 e. The van der Waals surface area contributed by atoms with Crippen LogP contribution in [-0.4, -0.2) is 57.3 Å². The van der Waals surface area contributed by atoms with Crippen molar-refractivity contribution >= 4 is 12.0 Å². The number of carbonyl (C=O) groups is 1. The van der Waals surface area contributed by atoms with Crippen molar-refractivity contribution in [3.05, 3.63) is 35.4 Å². The van der Waals surface area contributed by atoms with Gasteiger partial charge in [0.15, 0.2) is 0 Å². The molecule has 2 rings (SSSR count). The second-order valence-corrected chi connectivity index (χ2v) is 5.51. The molecule has 6 nitrogen and oxygen atoms in total. The number of methoxy groups -OCH3 is 1. The van der Waals surface area contributed by atoms with E-state index in [1.807, 2.05) is 18.2 Å². The molecule has 0 aliphatic carbocycles. The molecule has 24 heavy (non-hydrogen) atoms. The molecule has 0 unspecified atom stereocenters. The number of nitriles is 1. The van der Waals surface area contributed by atoms with E-state index in [2.05, 4.69) is 10.2 Å². The van der Waals surface area contributed by atoms with Gasteiger partial charge in [0.05, 0.1) is 20.3 Å². The van der Waals surface area contributed by atoms with Crippen molar-refractivity contribution in [1.29, 1.82) is 5.26 Å². The molecule has 0 bridgehead atoms. The molecule has 1 aliphatic heterocycles. The molecule has 128 valence electrons. The van der Waals surface area contributed by atoms with Gasteiger partial charge in [-0.1, -0.05) is 12.1 Å². The Bertz CT molecular complexity index is 599. The minimum Gasteiger partial charge on any atom is -0.497 e. The van der Waals surface area contributed by atoms with E-state index in [9.17, 15) is 10.1 Å². The van der Waals surface area contributed by atoms with Crippen LogP contribution in [0, 0.1) is 11.3 Å². The molecule has 6 heteroatoms. The molecule has 1 aromatic carbocycles. The molecule has 0 radical (unpaired) electrons. The lowest BCUT2D eigenvalue weighted by Gasteiger charge is -2.26. The fourth-order valence-corrected chi connectivity index (χ4v) is 2.44. The number of rotatable bonds is 7. The van der Waals surface area contributed by atoms with Gasteiger partial charge in [-0.25, -0.2) is 0 Å². The van der Waals surface area contributed by atoms with E-state index in [1.165, 1.54) is 0 Å². The Kier molecular flexibility index (Phi) is 7.27. The van der Waals surface area contributed by atoms with Gasteiger partial charge in [-0.3, -0.25) is 9.69 Å². The van der Waals surface area contributed by atoms with Gasteiger partial charge >= 0.3 is 0 Å². The summed E-state index contributed by atoms with van der Waals surface area (Å²) in [4.78, 5) is 14.4. The van der Waals surface area contributed by atoms with Gasteiger partial charge in [-0.15, -0.1) is 0 Å². The third kappa shape index (κ3) is 5.69. The number of ether oxygens (including phenoxy) is 2. The molecule has 1 heterocycles. The van der Waals surface area contributed by atoms with E-state index in [4.69, 9.17) is 9.47 Å². The number of nitrogens with zero attached hydrogens (tertiary/aromatic N) is 2. The topological polar surface area (TPSA) is 74.6 Å². The maximum atomic E-state index is 12.1. The lowest BCUT2D eigenvalue weighted by molar-refractivity contribution is -0.117. The molecular weight excluding hydrogens is 306 g/mol. The van der Waals surface area contributed by atoms with E-state index in [0.717, 1.165) is 50.6 Å². The van der Waals surface area contributed by atoms with Crippen molar-refractivity contribution < 1.29 is 14.3 Å². The zero-order chi connectivity index (χ0) is 17.2. The van der Waals surface area contributed by atoms with Gasteiger partial charge in [0, 0.05) is 19.6 Å². The van der Waals surface area contributed by atoms with Crippen LogP contribution in [0.2, 0.25) is 0 Å². The van der Waals surface area contributed by atoms with E-state index in [1.54, 1.807) is 25.3 Å². The summed E-state index contributed by atoms with van der Waals surface area (Å²) in [5.74, 6) is 0.397. The predicted molar refractivity (Wildman–Crippen MR) is 91.5 cm³/mol. The molecule has 1 aliphatic rings. The number of morpholine rings is 1.